The molecule has 3 amide bonds. The van der Waals surface area contributed by atoms with Gasteiger partial charge in [0, 0.05) is 12.6 Å². The van der Waals surface area contributed by atoms with E-state index in [1.807, 2.05) is 0 Å². The zero-order valence-electron chi connectivity index (χ0n) is 9.87. The van der Waals surface area contributed by atoms with Gasteiger partial charge in [-0.15, -0.1) is 5.10 Å². The molecule has 0 aliphatic carbocycles. The van der Waals surface area contributed by atoms with Crippen molar-refractivity contribution < 1.29 is 14.4 Å². The van der Waals surface area contributed by atoms with E-state index in [2.05, 4.69) is 15.6 Å². The normalized spacial score (nSPS) is 19.8. The van der Waals surface area contributed by atoms with Gasteiger partial charge in [0.1, 0.15) is 12.6 Å². The lowest BCUT2D eigenvalue weighted by Gasteiger charge is -2.31. The standard InChI is InChI=1S/C10H13N5O3/c1-7-10(18)12-8(16)6-15(7)9(17)2-4-14-5-3-11-13-14/h3,5,7H,2,4,6H2,1H3,(H,12,16,18). The Morgan fingerprint density at radius 1 is 1.56 bits per heavy atom. The van der Waals surface area contributed by atoms with Crippen LogP contribution in [0.3, 0.4) is 0 Å². The summed E-state index contributed by atoms with van der Waals surface area (Å²) in [4.78, 5) is 35.8. The maximum Gasteiger partial charge on any atom is 0.249 e. The lowest BCUT2D eigenvalue weighted by molar-refractivity contribution is -0.149. The number of carbonyl (C=O) groups is 3. The van der Waals surface area contributed by atoms with Crippen molar-refractivity contribution in [2.75, 3.05) is 6.54 Å². The van der Waals surface area contributed by atoms with Gasteiger partial charge < -0.3 is 4.90 Å². The highest BCUT2D eigenvalue weighted by atomic mass is 16.2. The van der Waals surface area contributed by atoms with Crippen LogP contribution in [0.2, 0.25) is 0 Å². The van der Waals surface area contributed by atoms with Crippen LogP contribution < -0.4 is 5.32 Å². The number of aromatic nitrogens is 3. The van der Waals surface area contributed by atoms with E-state index in [4.69, 9.17) is 0 Å². The number of imide groups is 1. The predicted molar refractivity (Wildman–Crippen MR) is 59.0 cm³/mol. The van der Waals surface area contributed by atoms with E-state index >= 15 is 0 Å². The summed E-state index contributed by atoms with van der Waals surface area (Å²) in [5, 5.41) is 9.54. The molecule has 1 aromatic heterocycles. The van der Waals surface area contributed by atoms with E-state index in [0.717, 1.165) is 0 Å². The van der Waals surface area contributed by atoms with Crippen LogP contribution in [0.15, 0.2) is 12.4 Å². The van der Waals surface area contributed by atoms with Gasteiger partial charge in [-0.3, -0.25) is 24.4 Å². The quantitative estimate of drug-likeness (QED) is 0.662. The Bertz CT molecular complexity index is 470. The lowest BCUT2D eigenvalue weighted by atomic mass is 10.2. The fourth-order valence-corrected chi connectivity index (χ4v) is 1.72. The molecule has 0 radical (unpaired) electrons. The van der Waals surface area contributed by atoms with Crippen LogP contribution in [0.4, 0.5) is 0 Å². The van der Waals surface area contributed by atoms with Crippen LogP contribution in [-0.2, 0) is 20.9 Å². The summed E-state index contributed by atoms with van der Waals surface area (Å²) in [6, 6.07) is -0.619. The van der Waals surface area contributed by atoms with Gasteiger partial charge in [0.2, 0.25) is 17.7 Å². The van der Waals surface area contributed by atoms with Gasteiger partial charge in [0.25, 0.3) is 0 Å². The lowest BCUT2D eigenvalue weighted by Crippen LogP contribution is -2.58. The highest BCUT2D eigenvalue weighted by Gasteiger charge is 2.33. The van der Waals surface area contributed by atoms with Crippen molar-refractivity contribution >= 4 is 17.7 Å². The van der Waals surface area contributed by atoms with Crippen LogP contribution in [-0.4, -0.2) is 50.2 Å². The molecule has 1 aromatic rings. The first-order chi connectivity index (χ1) is 8.58. The summed E-state index contributed by atoms with van der Waals surface area (Å²) in [6.45, 7) is 1.89. The third-order valence-corrected chi connectivity index (χ3v) is 2.77. The Morgan fingerprint density at radius 2 is 2.33 bits per heavy atom. The molecule has 0 spiro atoms. The summed E-state index contributed by atoms with van der Waals surface area (Å²) in [6.07, 6.45) is 3.34. The number of nitrogens with zero attached hydrogens (tertiary/aromatic N) is 4. The zero-order valence-corrected chi connectivity index (χ0v) is 9.87. The first-order valence-electron chi connectivity index (χ1n) is 5.55. The van der Waals surface area contributed by atoms with Gasteiger partial charge in [-0.05, 0) is 6.92 Å². The number of rotatable bonds is 3. The van der Waals surface area contributed by atoms with Crippen molar-refractivity contribution in [2.45, 2.75) is 25.9 Å². The molecule has 18 heavy (non-hydrogen) atoms. The largest absolute Gasteiger partial charge is 0.322 e. The average molecular weight is 251 g/mol. The molecule has 0 bridgehead atoms. The van der Waals surface area contributed by atoms with E-state index in [0.29, 0.717) is 6.54 Å². The van der Waals surface area contributed by atoms with Gasteiger partial charge >= 0.3 is 0 Å². The minimum atomic E-state index is -0.619. The fourth-order valence-electron chi connectivity index (χ4n) is 1.72. The number of carbonyl (C=O) groups excluding carboxylic acids is 3. The highest BCUT2D eigenvalue weighted by Crippen LogP contribution is 2.07. The van der Waals surface area contributed by atoms with E-state index in [1.165, 1.54) is 15.8 Å². The topological polar surface area (TPSA) is 97.2 Å². The maximum atomic E-state index is 11.9. The van der Waals surface area contributed by atoms with Crippen LogP contribution in [0.5, 0.6) is 0 Å². The van der Waals surface area contributed by atoms with Crippen LogP contribution in [0, 0.1) is 0 Å². The first kappa shape index (κ1) is 12.2. The molecule has 96 valence electrons. The summed E-state index contributed by atoms with van der Waals surface area (Å²) < 4.78 is 1.52. The van der Waals surface area contributed by atoms with Crippen molar-refractivity contribution in [2.24, 2.45) is 0 Å². The SMILES string of the molecule is CC1C(=O)NC(=O)CN1C(=O)CCn1ccnn1. The molecular formula is C10H13N5O3. The van der Waals surface area contributed by atoms with Gasteiger partial charge in [-0.1, -0.05) is 5.21 Å². The van der Waals surface area contributed by atoms with Gasteiger partial charge in [-0.2, -0.15) is 0 Å². The second-order valence-electron chi connectivity index (χ2n) is 4.03. The number of aryl methyl sites for hydroxylation is 1. The first-order valence-corrected chi connectivity index (χ1v) is 5.55. The Hall–Kier alpha value is -2.25. The minimum Gasteiger partial charge on any atom is -0.322 e. The average Bonchev–Trinajstić information content (AvgIpc) is 2.83. The predicted octanol–water partition coefficient (Wildman–Crippen LogP) is -1.46. The summed E-state index contributed by atoms with van der Waals surface area (Å²) in [5.74, 6) is -1.14. The number of amides is 3. The van der Waals surface area contributed by atoms with E-state index in [1.54, 1.807) is 13.1 Å². The fraction of sp³-hybridized carbons (Fsp3) is 0.500. The van der Waals surface area contributed by atoms with Crippen LogP contribution in [0.25, 0.3) is 0 Å². The molecule has 8 heteroatoms. The number of hydrogen-bond acceptors (Lipinski definition) is 5. The van der Waals surface area contributed by atoms with E-state index < -0.39 is 17.9 Å². The molecule has 1 N–H and O–H groups in total. The number of hydrogen-bond donors (Lipinski definition) is 1. The van der Waals surface area contributed by atoms with Crippen LogP contribution in [0.1, 0.15) is 13.3 Å². The van der Waals surface area contributed by atoms with Crippen molar-refractivity contribution in [3.63, 3.8) is 0 Å². The Morgan fingerprint density at radius 3 is 3.00 bits per heavy atom. The summed E-state index contributed by atoms with van der Waals surface area (Å²) in [5.41, 5.74) is 0. The Balaban J connectivity index is 1.95. The minimum absolute atomic E-state index is 0.0803. The second kappa shape index (κ2) is 4.94. The van der Waals surface area contributed by atoms with E-state index in [9.17, 15) is 14.4 Å². The molecule has 1 fully saturated rings. The molecule has 2 heterocycles. The molecule has 1 saturated heterocycles. The molecule has 2 rings (SSSR count). The Kier molecular flexibility index (Phi) is 3.35. The number of piperazine rings is 1. The molecule has 0 aromatic carbocycles. The van der Waals surface area contributed by atoms with Crippen LogP contribution >= 0.6 is 0 Å². The van der Waals surface area contributed by atoms with Gasteiger partial charge in [0.05, 0.1) is 12.7 Å². The monoisotopic (exact) mass is 251 g/mol. The van der Waals surface area contributed by atoms with Crippen molar-refractivity contribution in [1.82, 2.24) is 25.2 Å². The summed E-state index contributed by atoms with van der Waals surface area (Å²) in [7, 11) is 0. The molecule has 1 atom stereocenters. The van der Waals surface area contributed by atoms with Crippen molar-refractivity contribution in [3.8, 4) is 0 Å². The molecule has 0 saturated carbocycles. The zero-order chi connectivity index (χ0) is 13.1. The van der Waals surface area contributed by atoms with Gasteiger partial charge in [0.15, 0.2) is 0 Å². The third kappa shape index (κ3) is 2.53. The molecule has 1 unspecified atom stereocenters. The Labute approximate surface area is 103 Å². The second-order valence-corrected chi connectivity index (χ2v) is 4.03. The third-order valence-electron chi connectivity index (χ3n) is 2.77. The van der Waals surface area contributed by atoms with Crippen molar-refractivity contribution in [3.05, 3.63) is 12.4 Å². The van der Waals surface area contributed by atoms with Gasteiger partial charge in [-0.25, -0.2) is 0 Å². The maximum absolute atomic E-state index is 11.9. The summed E-state index contributed by atoms with van der Waals surface area (Å²) >= 11 is 0. The molecular weight excluding hydrogens is 238 g/mol. The molecule has 1 aliphatic heterocycles. The smallest absolute Gasteiger partial charge is 0.249 e. The number of nitrogens with one attached hydrogen (secondary N) is 1. The molecule has 8 nitrogen and oxygen atoms in total. The highest BCUT2D eigenvalue weighted by molar-refractivity contribution is 6.04. The van der Waals surface area contributed by atoms with E-state index in [-0.39, 0.29) is 18.9 Å². The molecule has 1 aliphatic rings. The van der Waals surface area contributed by atoms with Crippen molar-refractivity contribution in [1.29, 1.82) is 0 Å².